The summed E-state index contributed by atoms with van der Waals surface area (Å²) in [6.07, 6.45) is 0.917. The fourth-order valence-electron chi connectivity index (χ4n) is 2.50. The number of methoxy groups -OCH3 is 1. The van der Waals surface area contributed by atoms with Gasteiger partial charge in [-0.3, -0.25) is 4.79 Å². The van der Waals surface area contributed by atoms with Crippen molar-refractivity contribution in [1.29, 1.82) is 0 Å². The zero-order chi connectivity index (χ0) is 20.4. The van der Waals surface area contributed by atoms with E-state index in [1.165, 1.54) is 4.90 Å². The molecule has 0 spiro atoms. The van der Waals surface area contributed by atoms with Crippen molar-refractivity contribution in [3.63, 3.8) is 0 Å². The number of hydrogen-bond donors (Lipinski definition) is 3. The third kappa shape index (κ3) is 4.44. The lowest BCUT2D eigenvalue weighted by Gasteiger charge is -2.15. The zero-order valence-corrected chi connectivity index (χ0v) is 15.4. The first-order valence-corrected chi connectivity index (χ1v) is 9.54. The maximum Gasteiger partial charge on any atom is 0.337 e. The van der Waals surface area contributed by atoms with E-state index in [0.717, 1.165) is 31.6 Å². The molecular weight excluding hydrogens is 380 g/mol. The Morgan fingerprint density at radius 1 is 1.30 bits per heavy atom. The van der Waals surface area contributed by atoms with E-state index in [1.54, 1.807) is 0 Å². The number of sulfone groups is 1. The number of hydrogen-bond acceptors (Lipinski definition) is 8. The van der Waals surface area contributed by atoms with E-state index in [0.29, 0.717) is 0 Å². The molecule has 11 heteroatoms. The third-order valence-electron chi connectivity index (χ3n) is 3.80. The highest BCUT2D eigenvalue weighted by molar-refractivity contribution is 7.90. The molecule has 0 saturated heterocycles. The van der Waals surface area contributed by atoms with E-state index in [9.17, 15) is 27.9 Å². The molecule has 1 aliphatic rings. The van der Waals surface area contributed by atoms with E-state index in [2.05, 4.69) is 10.1 Å². The second kappa shape index (κ2) is 7.76. The summed E-state index contributed by atoms with van der Waals surface area (Å²) in [5, 5.41) is 20.9. The molecule has 1 aromatic rings. The van der Waals surface area contributed by atoms with Crippen molar-refractivity contribution in [2.24, 2.45) is 0 Å². The number of ether oxygens (including phenoxy) is 1. The molecule has 2 rings (SSSR count). The van der Waals surface area contributed by atoms with Gasteiger partial charge in [0.05, 0.1) is 36.3 Å². The first-order chi connectivity index (χ1) is 12.6. The standard InChI is InChI=1S/C16H18N2O8S/c1-26-16(23)12-8-18(3-4-19)14(20)13(12)17-10-5-9(15(21)22)6-11(7-10)27(2,24)25/h5-7,17,19H,3-4,8H2,1-2H3,(H,21,22). The Hall–Kier alpha value is -2.92. The number of carboxylic acids is 1. The lowest BCUT2D eigenvalue weighted by molar-refractivity contribution is -0.136. The molecule has 1 heterocycles. The highest BCUT2D eigenvalue weighted by atomic mass is 32.2. The summed E-state index contributed by atoms with van der Waals surface area (Å²) >= 11 is 0. The number of esters is 1. The molecule has 10 nitrogen and oxygen atoms in total. The Bertz CT molecular complexity index is 936. The lowest BCUT2D eigenvalue weighted by atomic mass is 10.2. The molecule has 0 bridgehead atoms. The van der Waals surface area contributed by atoms with Crippen LogP contribution in [-0.2, 0) is 24.2 Å². The van der Waals surface area contributed by atoms with Gasteiger partial charge >= 0.3 is 11.9 Å². The van der Waals surface area contributed by atoms with Crippen LogP contribution >= 0.6 is 0 Å². The highest BCUT2D eigenvalue weighted by Crippen LogP contribution is 2.25. The van der Waals surface area contributed by atoms with Crippen molar-refractivity contribution in [2.45, 2.75) is 4.90 Å². The molecule has 0 unspecified atom stereocenters. The fraction of sp³-hybridized carbons (Fsp3) is 0.312. The Balaban J connectivity index is 2.52. The van der Waals surface area contributed by atoms with Gasteiger partial charge in [0, 0.05) is 18.5 Å². The minimum absolute atomic E-state index is 0.00549. The van der Waals surface area contributed by atoms with Crippen LogP contribution in [0.15, 0.2) is 34.4 Å². The molecule has 27 heavy (non-hydrogen) atoms. The molecule has 0 fully saturated rings. The van der Waals surface area contributed by atoms with Crippen molar-refractivity contribution in [2.75, 3.05) is 38.4 Å². The summed E-state index contributed by atoms with van der Waals surface area (Å²) in [5.74, 6) is -2.74. The molecule has 0 aliphatic carbocycles. The van der Waals surface area contributed by atoms with E-state index >= 15 is 0 Å². The molecule has 0 saturated carbocycles. The number of aliphatic hydroxyl groups is 1. The number of benzene rings is 1. The molecule has 1 amide bonds. The largest absolute Gasteiger partial charge is 0.478 e. The molecule has 0 atom stereocenters. The number of nitrogens with zero attached hydrogens (tertiary/aromatic N) is 1. The van der Waals surface area contributed by atoms with Crippen LogP contribution in [0.1, 0.15) is 10.4 Å². The zero-order valence-electron chi connectivity index (χ0n) is 14.6. The van der Waals surface area contributed by atoms with Gasteiger partial charge in [-0.2, -0.15) is 0 Å². The van der Waals surface area contributed by atoms with Crippen LogP contribution in [-0.4, -0.2) is 74.4 Å². The summed E-state index contributed by atoms with van der Waals surface area (Å²) in [4.78, 5) is 36.7. The van der Waals surface area contributed by atoms with Gasteiger partial charge in [0.15, 0.2) is 9.84 Å². The molecule has 1 aliphatic heterocycles. The maximum absolute atomic E-state index is 12.5. The summed E-state index contributed by atoms with van der Waals surface area (Å²) in [6.45, 7) is -0.444. The normalized spacial score (nSPS) is 14.5. The van der Waals surface area contributed by atoms with E-state index in [4.69, 9.17) is 5.11 Å². The Morgan fingerprint density at radius 2 is 1.96 bits per heavy atom. The van der Waals surface area contributed by atoms with Crippen LogP contribution in [0.25, 0.3) is 0 Å². The van der Waals surface area contributed by atoms with Crippen LogP contribution in [0.4, 0.5) is 5.69 Å². The number of carbonyl (C=O) groups excluding carboxylic acids is 2. The van der Waals surface area contributed by atoms with Crippen molar-refractivity contribution in [3.8, 4) is 0 Å². The summed E-state index contributed by atoms with van der Waals surface area (Å²) in [6, 6.07) is 3.29. The number of β-amino-alcohol motifs (C(OH)–C–C–N with tert-alkyl or cyclic N) is 1. The smallest absolute Gasteiger partial charge is 0.337 e. The van der Waals surface area contributed by atoms with Gasteiger partial charge in [-0.1, -0.05) is 0 Å². The van der Waals surface area contributed by atoms with Crippen LogP contribution < -0.4 is 5.32 Å². The second-order valence-electron chi connectivity index (χ2n) is 5.74. The highest BCUT2D eigenvalue weighted by Gasteiger charge is 2.34. The summed E-state index contributed by atoms with van der Waals surface area (Å²) in [5.41, 5.74) is -0.487. The van der Waals surface area contributed by atoms with E-state index < -0.39 is 27.7 Å². The van der Waals surface area contributed by atoms with E-state index in [1.807, 2.05) is 0 Å². The van der Waals surface area contributed by atoms with Crippen LogP contribution in [0.5, 0.6) is 0 Å². The summed E-state index contributed by atoms with van der Waals surface area (Å²) in [7, 11) is -2.58. The number of rotatable bonds is 7. The van der Waals surface area contributed by atoms with Gasteiger partial charge in [0.1, 0.15) is 5.70 Å². The Kier molecular flexibility index (Phi) is 5.86. The monoisotopic (exact) mass is 398 g/mol. The molecule has 0 radical (unpaired) electrons. The van der Waals surface area contributed by atoms with Gasteiger partial charge in [-0.15, -0.1) is 0 Å². The average molecular weight is 398 g/mol. The van der Waals surface area contributed by atoms with Gasteiger partial charge in [0.2, 0.25) is 0 Å². The van der Waals surface area contributed by atoms with E-state index in [-0.39, 0.29) is 47.1 Å². The SMILES string of the molecule is COC(=O)C1=C(Nc2cc(C(=O)O)cc(S(C)(=O)=O)c2)C(=O)N(CCO)C1. The number of carboxylic acid groups (broad SMARTS) is 1. The molecule has 3 N–H and O–H groups in total. The van der Waals surface area contributed by atoms with Crippen molar-refractivity contribution >= 4 is 33.4 Å². The third-order valence-corrected chi connectivity index (χ3v) is 4.90. The lowest BCUT2D eigenvalue weighted by Crippen LogP contribution is -2.31. The fourth-order valence-corrected chi connectivity index (χ4v) is 3.18. The predicted molar refractivity (Wildman–Crippen MR) is 92.8 cm³/mol. The Morgan fingerprint density at radius 3 is 2.48 bits per heavy atom. The minimum Gasteiger partial charge on any atom is -0.478 e. The summed E-state index contributed by atoms with van der Waals surface area (Å²) < 4.78 is 28.3. The van der Waals surface area contributed by atoms with Crippen LogP contribution in [0, 0.1) is 0 Å². The first kappa shape index (κ1) is 20.4. The number of amides is 1. The van der Waals surface area contributed by atoms with Gasteiger partial charge in [-0.25, -0.2) is 18.0 Å². The molecule has 0 aromatic heterocycles. The maximum atomic E-state index is 12.5. The topological polar surface area (TPSA) is 150 Å². The van der Waals surface area contributed by atoms with Crippen LogP contribution in [0.2, 0.25) is 0 Å². The number of aliphatic hydroxyl groups excluding tert-OH is 1. The number of anilines is 1. The number of aromatic carboxylic acids is 1. The number of nitrogens with one attached hydrogen (secondary N) is 1. The Labute approximate surface area is 155 Å². The van der Waals surface area contributed by atoms with Crippen molar-refractivity contribution in [3.05, 3.63) is 35.0 Å². The molecule has 1 aromatic carbocycles. The van der Waals surface area contributed by atoms with Crippen molar-refractivity contribution in [1.82, 2.24) is 4.90 Å². The molecular formula is C16H18N2O8S. The number of carbonyl (C=O) groups is 3. The average Bonchev–Trinajstić information content (AvgIpc) is 2.90. The van der Waals surface area contributed by atoms with Gasteiger partial charge in [0.25, 0.3) is 5.91 Å². The molecule has 146 valence electrons. The van der Waals surface area contributed by atoms with Crippen LogP contribution in [0.3, 0.4) is 0 Å². The second-order valence-corrected chi connectivity index (χ2v) is 7.76. The first-order valence-electron chi connectivity index (χ1n) is 7.65. The predicted octanol–water partition coefficient (Wildman–Crippen LogP) is -0.538. The quantitative estimate of drug-likeness (QED) is 0.515. The van der Waals surface area contributed by atoms with Gasteiger partial charge in [-0.05, 0) is 18.2 Å². The van der Waals surface area contributed by atoms with Gasteiger partial charge < -0.3 is 25.2 Å². The minimum atomic E-state index is -3.72. The van der Waals surface area contributed by atoms with Crippen molar-refractivity contribution < 1.29 is 37.8 Å².